The number of amides is 1. The van der Waals surface area contributed by atoms with Crippen molar-refractivity contribution in [2.45, 2.75) is 26.8 Å². The van der Waals surface area contributed by atoms with E-state index in [1.54, 1.807) is 0 Å². The lowest BCUT2D eigenvalue weighted by Crippen LogP contribution is -2.38. The van der Waals surface area contributed by atoms with E-state index >= 15 is 0 Å². The summed E-state index contributed by atoms with van der Waals surface area (Å²) in [5, 5.41) is 5.85. The van der Waals surface area contributed by atoms with Crippen LogP contribution < -0.4 is 15.4 Å². The summed E-state index contributed by atoms with van der Waals surface area (Å²) in [4.78, 5) is 11.3. The topological polar surface area (TPSA) is 50.4 Å². The number of carbonyl (C=O) groups excluding carboxylic acids is 1. The lowest BCUT2D eigenvalue weighted by Gasteiger charge is -2.10. The molecule has 0 fully saturated rings. The lowest BCUT2D eigenvalue weighted by atomic mass is 10.2. The van der Waals surface area contributed by atoms with Gasteiger partial charge in [0.05, 0.1) is 6.54 Å². The number of ether oxygens (including phenoxy) is 1. The van der Waals surface area contributed by atoms with Gasteiger partial charge in [0.25, 0.3) is 0 Å². The van der Waals surface area contributed by atoms with E-state index in [9.17, 15) is 4.79 Å². The molecule has 0 aliphatic heterocycles. The Morgan fingerprint density at radius 2 is 2.17 bits per heavy atom. The van der Waals surface area contributed by atoms with E-state index in [2.05, 4.69) is 10.6 Å². The average molecular weight is 250 g/mol. The molecular formula is C14H22N2O2. The standard InChI is InChI=1S/C14H22N2O2/c1-11(2)16-14(17)10-15-7-8-18-13-6-4-5-12(3)9-13/h4-6,9,11,15H,7-8,10H2,1-3H3,(H,16,17). The second-order valence-electron chi connectivity index (χ2n) is 4.56. The highest BCUT2D eigenvalue weighted by molar-refractivity contribution is 5.78. The molecule has 0 aliphatic carbocycles. The van der Waals surface area contributed by atoms with Gasteiger partial charge < -0.3 is 15.4 Å². The number of hydrogen-bond acceptors (Lipinski definition) is 3. The first-order chi connectivity index (χ1) is 8.58. The Kier molecular flexibility index (Phi) is 6.22. The minimum Gasteiger partial charge on any atom is -0.492 e. The molecule has 1 aromatic rings. The van der Waals surface area contributed by atoms with E-state index in [1.165, 1.54) is 5.56 Å². The average Bonchev–Trinajstić information content (AvgIpc) is 2.27. The van der Waals surface area contributed by atoms with Gasteiger partial charge in [-0.25, -0.2) is 0 Å². The van der Waals surface area contributed by atoms with Gasteiger partial charge in [-0.2, -0.15) is 0 Å². The second-order valence-corrected chi connectivity index (χ2v) is 4.56. The Bertz CT molecular complexity index is 378. The Hall–Kier alpha value is -1.55. The van der Waals surface area contributed by atoms with E-state index in [-0.39, 0.29) is 11.9 Å². The Balaban J connectivity index is 2.10. The zero-order valence-electron chi connectivity index (χ0n) is 11.3. The maximum absolute atomic E-state index is 11.3. The molecule has 0 heterocycles. The maximum Gasteiger partial charge on any atom is 0.234 e. The summed E-state index contributed by atoms with van der Waals surface area (Å²) < 4.78 is 5.56. The van der Waals surface area contributed by atoms with Crippen LogP contribution in [-0.4, -0.2) is 31.6 Å². The summed E-state index contributed by atoms with van der Waals surface area (Å²) >= 11 is 0. The van der Waals surface area contributed by atoms with Gasteiger partial charge in [-0.05, 0) is 38.5 Å². The maximum atomic E-state index is 11.3. The predicted molar refractivity (Wildman–Crippen MR) is 72.8 cm³/mol. The van der Waals surface area contributed by atoms with Crippen molar-refractivity contribution in [3.8, 4) is 5.75 Å². The van der Waals surface area contributed by atoms with Crippen LogP contribution in [0.5, 0.6) is 5.75 Å². The molecule has 0 aliphatic rings. The van der Waals surface area contributed by atoms with Crippen molar-refractivity contribution < 1.29 is 9.53 Å². The van der Waals surface area contributed by atoms with Crippen LogP contribution in [0.25, 0.3) is 0 Å². The Morgan fingerprint density at radius 3 is 2.83 bits per heavy atom. The molecule has 0 spiro atoms. The van der Waals surface area contributed by atoms with Gasteiger partial charge >= 0.3 is 0 Å². The van der Waals surface area contributed by atoms with Crippen LogP contribution in [0.3, 0.4) is 0 Å². The predicted octanol–water partition coefficient (Wildman–Crippen LogP) is 1.49. The zero-order valence-corrected chi connectivity index (χ0v) is 11.3. The summed E-state index contributed by atoms with van der Waals surface area (Å²) in [6.07, 6.45) is 0. The van der Waals surface area contributed by atoms with Crippen LogP contribution in [0.4, 0.5) is 0 Å². The van der Waals surface area contributed by atoms with Crippen molar-refractivity contribution in [1.82, 2.24) is 10.6 Å². The van der Waals surface area contributed by atoms with Gasteiger partial charge in [0.1, 0.15) is 12.4 Å². The summed E-state index contributed by atoms with van der Waals surface area (Å²) in [6.45, 7) is 7.45. The monoisotopic (exact) mass is 250 g/mol. The quantitative estimate of drug-likeness (QED) is 0.721. The largest absolute Gasteiger partial charge is 0.492 e. The van der Waals surface area contributed by atoms with E-state index < -0.39 is 0 Å². The van der Waals surface area contributed by atoms with Crippen LogP contribution in [-0.2, 0) is 4.79 Å². The summed E-state index contributed by atoms with van der Waals surface area (Å²) in [5.41, 5.74) is 1.18. The number of benzene rings is 1. The van der Waals surface area contributed by atoms with Gasteiger partial charge in [0, 0.05) is 12.6 Å². The minimum absolute atomic E-state index is 0.0144. The van der Waals surface area contributed by atoms with Gasteiger partial charge in [-0.1, -0.05) is 12.1 Å². The molecule has 0 atom stereocenters. The summed E-state index contributed by atoms with van der Waals surface area (Å²) in [6, 6.07) is 8.10. The highest BCUT2D eigenvalue weighted by Crippen LogP contribution is 2.11. The van der Waals surface area contributed by atoms with E-state index in [0.29, 0.717) is 19.7 Å². The van der Waals surface area contributed by atoms with E-state index in [0.717, 1.165) is 5.75 Å². The summed E-state index contributed by atoms with van der Waals surface area (Å²) in [5.74, 6) is 0.879. The number of aryl methyl sites for hydroxylation is 1. The Morgan fingerprint density at radius 1 is 1.39 bits per heavy atom. The van der Waals surface area contributed by atoms with Crippen LogP contribution in [0, 0.1) is 6.92 Å². The number of nitrogens with one attached hydrogen (secondary N) is 2. The van der Waals surface area contributed by atoms with Gasteiger partial charge in [-0.3, -0.25) is 4.79 Å². The molecule has 100 valence electrons. The van der Waals surface area contributed by atoms with Gasteiger partial charge in [0.2, 0.25) is 5.91 Å². The molecule has 2 N–H and O–H groups in total. The number of hydrogen-bond donors (Lipinski definition) is 2. The molecule has 1 amide bonds. The van der Waals surface area contributed by atoms with Crippen molar-refractivity contribution in [1.29, 1.82) is 0 Å². The van der Waals surface area contributed by atoms with Crippen molar-refractivity contribution in [2.75, 3.05) is 19.7 Å². The number of carbonyl (C=O) groups is 1. The molecule has 1 rings (SSSR count). The molecule has 18 heavy (non-hydrogen) atoms. The highest BCUT2D eigenvalue weighted by atomic mass is 16.5. The van der Waals surface area contributed by atoms with Crippen LogP contribution in [0.1, 0.15) is 19.4 Å². The van der Waals surface area contributed by atoms with Crippen molar-refractivity contribution in [3.63, 3.8) is 0 Å². The molecule has 0 saturated heterocycles. The third kappa shape index (κ3) is 6.25. The third-order valence-electron chi connectivity index (χ3n) is 2.27. The van der Waals surface area contributed by atoms with Crippen LogP contribution >= 0.6 is 0 Å². The molecular weight excluding hydrogens is 228 g/mol. The van der Waals surface area contributed by atoms with Crippen molar-refractivity contribution >= 4 is 5.91 Å². The molecule has 1 aromatic carbocycles. The lowest BCUT2D eigenvalue weighted by molar-refractivity contribution is -0.120. The highest BCUT2D eigenvalue weighted by Gasteiger charge is 2.01. The first kappa shape index (κ1) is 14.5. The molecule has 4 heteroatoms. The van der Waals surface area contributed by atoms with Crippen LogP contribution in [0.15, 0.2) is 24.3 Å². The molecule has 0 saturated carbocycles. The Labute approximate surface area is 109 Å². The molecule has 4 nitrogen and oxygen atoms in total. The first-order valence-corrected chi connectivity index (χ1v) is 6.27. The van der Waals surface area contributed by atoms with Crippen LogP contribution in [0.2, 0.25) is 0 Å². The van der Waals surface area contributed by atoms with Gasteiger partial charge in [-0.15, -0.1) is 0 Å². The second kappa shape index (κ2) is 7.71. The third-order valence-corrected chi connectivity index (χ3v) is 2.27. The fraction of sp³-hybridized carbons (Fsp3) is 0.500. The fourth-order valence-electron chi connectivity index (χ4n) is 1.52. The minimum atomic E-state index is 0.0144. The zero-order chi connectivity index (χ0) is 13.4. The molecule has 0 bridgehead atoms. The van der Waals surface area contributed by atoms with E-state index in [1.807, 2.05) is 45.0 Å². The number of rotatable bonds is 7. The smallest absolute Gasteiger partial charge is 0.234 e. The van der Waals surface area contributed by atoms with Gasteiger partial charge in [0.15, 0.2) is 0 Å². The summed E-state index contributed by atoms with van der Waals surface area (Å²) in [7, 11) is 0. The first-order valence-electron chi connectivity index (χ1n) is 6.27. The SMILES string of the molecule is Cc1cccc(OCCNCC(=O)NC(C)C)c1. The van der Waals surface area contributed by atoms with E-state index in [4.69, 9.17) is 4.74 Å². The molecule has 0 radical (unpaired) electrons. The van der Waals surface area contributed by atoms with Crippen molar-refractivity contribution in [3.05, 3.63) is 29.8 Å². The fourth-order valence-corrected chi connectivity index (χ4v) is 1.52. The van der Waals surface area contributed by atoms with Crippen molar-refractivity contribution in [2.24, 2.45) is 0 Å². The normalized spacial score (nSPS) is 10.4. The molecule has 0 aromatic heterocycles. The molecule has 0 unspecified atom stereocenters.